The first-order chi connectivity index (χ1) is 9.61. The maximum atomic E-state index is 12.0. The van der Waals surface area contributed by atoms with Crippen molar-refractivity contribution in [3.8, 4) is 0 Å². The van der Waals surface area contributed by atoms with E-state index in [1.807, 2.05) is 6.92 Å². The van der Waals surface area contributed by atoms with Gasteiger partial charge in [0.05, 0.1) is 11.0 Å². The molecule has 1 aliphatic rings. The maximum Gasteiger partial charge on any atom is 0.269 e. The Morgan fingerprint density at radius 3 is 3.00 bits per heavy atom. The molecule has 1 saturated heterocycles. The van der Waals surface area contributed by atoms with E-state index < -0.39 is 4.92 Å². The van der Waals surface area contributed by atoms with Gasteiger partial charge in [-0.05, 0) is 24.8 Å². The Bertz CT molecular complexity index is 498. The van der Waals surface area contributed by atoms with Crippen LogP contribution < -0.4 is 5.32 Å². The van der Waals surface area contributed by atoms with Crippen molar-refractivity contribution in [2.45, 2.75) is 38.3 Å². The van der Waals surface area contributed by atoms with E-state index in [0.717, 1.165) is 18.4 Å². The van der Waals surface area contributed by atoms with Gasteiger partial charge in [0.15, 0.2) is 0 Å². The Morgan fingerprint density at radius 2 is 2.40 bits per heavy atom. The zero-order valence-electron chi connectivity index (χ0n) is 11.4. The number of amides is 1. The number of carbonyl (C=O) groups excluding carboxylic acids is 1. The lowest BCUT2D eigenvalue weighted by molar-refractivity contribution is -0.384. The molecule has 1 fully saturated rings. The van der Waals surface area contributed by atoms with E-state index in [1.54, 1.807) is 12.1 Å². The highest BCUT2D eigenvalue weighted by molar-refractivity contribution is 5.81. The number of nitrogens with zero attached hydrogens (tertiary/aromatic N) is 1. The van der Waals surface area contributed by atoms with E-state index >= 15 is 0 Å². The summed E-state index contributed by atoms with van der Waals surface area (Å²) in [6, 6.07) is 6.14. The second kappa shape index (κ2) is 6.47. The highest BCUT2D eigenvalue weighted by atomic mass is 16.6. The van der Waals surface area contributed by atoms with Crippen LogP contribution in [0.1, 0.15) is 37.8 Å². The van der Waals surface area contributed by atoms with Crippen LogP contribution in [0.15, 0.2) is 24.3 Å². The summed E-state index contributed by atoms with van der Waals surface area (Å²) >= 11 is 0. The lowest BCUT2D eigenvalue weighted by Gasteiger charge is -2.19. The molecule has 1 aromatic rings. The predicted molar refractivity (Wildman–Crippen MR) is 73.2 cm³/mol. The van der Waals surface area contributed by atoms with Gasteiger partial charge in [-0.15, -0.1) is 0 Å². The molecule has 0 spiro atoms. The molecular weight excluding hydrogens is 260 g/mol. The number of nitro groups is 1. The predicted octanol–water partition coefficient (Wildman–Crippen LogP) is 2.34. The lowest BCUT2D eigenvalue weighted by atomic mass is 10.0. The number of hydrogen-bond acceptors (Lipinski definition) is 4. The van der Waals surface area contributed by atoms with Crippen LogP contribution in [0.2, 0.25) is 0 Å². The highest BCUT2D eigenvalue weighted by Crippen LogP contribution is 2.22. The SMILES string of the molecule is CC[C@H](NC(=O)[C@@H]1CCCO1)c1cccc([N+](=O)[O-])c1. The molecule has 0 unspecified atom stereocenters. The molecule has 1 aliphatic heterocycles. The number of hydrogen-bond donors (Lipinski definition) is 1. The minimum atomic E-state index is -0.432. The number of ether oxygens (including phenoxy) is 1. The van der Waals surface area contributed by atoms with Crippen molar-refractivity contribution in [1.82, 2.24) is 5.32 Å². The molecule has 1 amide bonds. The number of nitrogens with one attached hydrogen (secondary N) is 1. The van der Waals surface area contributed by atoms with Crippen LogP contribution in [0.25, 0.3) is 0 Å². The van der Waals surface area contributed by atoms with Crippen LogP contribution in [0, 0.1) is 10.1 Å². The van der Waals surface area contributed by atoms with Crippen LogP contribution >= 0.6 is 0 Å². The van der Waals surface area contributed by atoms with Crippen molar-refractivity contribution in [3.05, 3.63) is 39.9 Å². The van der Waals surface area contributed by atoms with Crippen LogP contribution in [0.4, 0.5) is 5.69 Å². The molecule has 2 atom stereocenters. The van der Waals surface area contributed by atoms with Crippen molar-refractivity contribution < 1.29 is 14.5 Å². The van der Waals surface area contributed by atoms with E-state index in [4.69, 9.17) is 4.74 Å². The molecule has 6 nitrogen and oxygen atoms in total. The molecule has 0 saturated carbocycles. The van der Waals surface area contributed by atoms with Crippen molar-refractivity contribution in [2.24, 2.45) is 0 Å². The van der Waals surface area contributed by atoms with Crippen LogP contribution in [-0.4, -0.2) is 23.5 Å². The lowest BCUT2D eigenvalue weighted by Crippen LogP contribution is -2.36. The number of non-ortho nitro benzene ring substituents is 1. The van der Waals surface area contributed by atoms with E-state index in [9.17, 15) is 14.9 Å². The average Bonchev–Trinajstić information content (AvgIpc) is 2.99. The minimum absolute atomic E-state index is 0.0346. The standard InChI is InChI=1S/C14H18N2O4/c1-2-12(15-14(17)13-7-4-8-20-13)10-5-3-6-11(9-10)16(18)19/h3,5-6,9,12-13H,2,4,7-8H2,1H3,(H,15,17)/t12-,13-/m0/s1. The average molecular weight is 278 g/mol. The van der Waals surface area contributed by atoms with Crippen molar-refractivity contribution in [1.29, 1.82) is 0 Å². The van der Waals surface area contributed by atoms with Gasteiger partial charge in [-0.1, -0.05) is 19.1 Å². The van der Waals surface area contributed by atoms with E-state index in [2.05, 4.69) is 5.32 Å². The first kappa shape index (κ1) is 14.5. The third-order valence-corrected chi connectivity index (χ3v) is 3.43. The van der Waals surface area contributed by atoms with Gasteiger partial charge in [0.2, 0.25) is 5.91 Å². The topological polar surface area (TPSA) is 81.5 Å². The maximum absolute atomic E-state index is 12.0. The normalized spacial score (nSPS) is 19.6. The number of nitro benzene ring substituents is 1. The molecule has 2 rings (SSSR count). The van der Waals surface area contributed by atoms with Crippen molar-refractivity contribution >= 4 is 11.6 Å². The fourth-order valence-corrected chi connectivity index (χ4v) is 2.33. The van der Waals surface area contributed by atoms with Gasteiger partial charge in [0, 0.05) is 18.7 Å². The molecule has 0 bridgehead atoms. The van der Waals surface area contributed by atoms with Crippen molar-refractivity contribution in [3.63, 3.8) is 0 Å². The number of carbonyl (C=O) groups is 1. The molecule has 1 aromatic carbocycles. The zero-order valence-corrected chi connectivity index (χ0v) is 11.4. The monoisotopic (exact) mass is 278 g/mol. The summed E-state index contributed by atoms with van der Waals surface area (Å²) in [6.07, 6.45) is 1.91. The molecule has 20 heavy (non-hydrogen) atoms. The summed E-state index contributed by atoms with van der Waals surface area (Å²) in [5.41, 5.74) is 0.778. The molecule has 1 heterocycles. The van der Waals surface area contributed by atoms with Gasteiger partial charge in [0.1, 0.15) is 6.10 Å². The molecule has 1 N–H and O–H groups in total. The molecule has 0 aromatic heterocycles. The summed E-state index contributed by atoms with van der Waals surface area (Å²) in [7, 11) is 0. The molecule has 108 valence electrons. The van der Waals surface area contributed by atoms with Gasteiger partial charge >= 0.3 is 0 Å². The fourth-order valence-electron chi connectivity index (χ4n) is 2.33. The minimum Gasteiger partial charge on any atom is -0.368 e. The van der Waals surface area contributed by atoms with Gasteiger partial charge < -0.3 is 10.1 Å². The van der Waals surface area contributed by atoms with Gasteiger partial charge in [0.25, 0.3) is 5.69 Å². The number of benzene rings is 1. The second-order valence-corrected chi connectivity index (χ2v) is 4.82. The zero-order chi connectivity index (χ0) is 14.5. The van der Waals surface area contributed by atoms with Crippen LogP contribution in [-0.2, 0) is 9.53 Å². The van der Waals surface area contributed by atoms with Gasteiger partial charge in [-0.3, -0.25) is 14.9 Å². The molecule has 0 aliphatic carbocycles. The summed E-state index contributed by atoms with van der Waals surface area (Å²) in [5, 5.41) is 13.7. The quantitative estimate of drug-likeness (QED) is 0.662. The van der Waals surface area contributed by atoms with Gasteiger partial charge in [-0.2, -0.15) is 0 Å². The Kier molecular flexibility index (Phi) is 4.68. The third-order valence-electron chi connectivity index (χ3n) is 3.43. The Balaban J connectivity index is 2.09. The Morgan fingerprint density at radius 1 is 1.60 bits per heavy atom. The molecule has 0 radical (unpaired) electrons. The third kappa shape index (κ3) is 3.33. The first-order valence-corrected chi connectivity index (χ1v) is 6.78. The smallest absolute Gasteiger partial charge is 0.269 e. The van der Waals surface area contributed by atoms with E-state index in [1.165, 1.54) is 12.1 Å². The summed E-state index contributed by atoms with van der Waals surface area (Å²) in [4.78, 5) is 22.4. The molecular formula is C14H18N2O4. The van der Waals surface area contributed by atoms with Crippen LogP contribution in [0.3, 0.4) is 0 Å². The summed E-state index contributed by atoms with van der Waals surface area (Å²) < 4.78 is 5.34. The van der Waals surface area contributed by atoms with Crippen LogP contribution in [0.5, 0.6) is 0 Å². The summed E-state index contributed by atoms with van der Waals surface area (Å²) in [6.45, 7) is 2.55. The first-order valence-electron chi connectivity index (χ1n) is 6.78. The van der Waals surface area contributed by atoms with E-state index in [-0.39, 0.29) is 23.7 Å². The number of rotatable bonds is 5. The van der Waals surface area contributed by atoms with Gasteiger partial charge in [-0.25, -0.2) is 0 Å². The highest BCUT2D eigenvalue weighted by Gasteiger charge is 2.25. The van der Waals surface area contributed by atoms with Crippen molar-refractivity contribution in [2.75, 3.05) is 6.61 Å². The summed E-state index contributed by atoms with van der Waals surface area (Å²) in [5.74, 6) is -0.138. The molecule has 6 heteroatoms. The Labute approximate surface area is 117 Å². The largest absolute Gasteiger partial charge is 0.368 e. The second-order valence-electron chi connectivity index (χ2n) is 4.82. The Hall–Kier alpha value is -1.95. The van der Waals surface area contributed by atoms with E-state index in [0.29, 0.717) is 13.0 Å². The fraction of sp³-hybridized carbons (Fsp3) is 0.500.